The molecule has 1 heterocycles. The van der Waals surface area contributed by atoms with Crippen LogP contribution in [-0.2, 0) is 0 Å². The van der Waals surface area contributed by atoms with Gasteiger partial charge in [-0.2, -0.15) is 0 Å². The summed E-state index contributed by atoms with van der Waals surface area (Å²) < 4.78 is 5.72. The number of hydrogen-bond acceptors (Lipinski definition) is 4. The molecule has 3 nitrogen and oxygen atoms in total. The smallest absolute Gasteiger partial charge is 0.259 e. The molecule has 0 saturated carbocycles. The maximum absolute atomic E-state index is 12.3. The number of benzene rings is 1. The van der Waals surface area contributed by atoms with Crippen LogP contribution in [0, 0.1) is 13.8 Å². The molecule has 0 unspecified atom stereocenters. The van der Waals surface area contributed by atoms with Crippen molar-refractivity contribution >= 4 is 16.9 Å². The van der Waals surface area contributed by atoms with E-state index in [2.05, 4.69) is 12.2 Å². The molecular weight excluding hydrogens is 308 g/mol. The van der Waals surface area contributed by atoms with E-state index in [-0.39, 0.29) is 5.12 Å². The van der Waals surface area contributed by atoms with Crippen LogP contribution in [0.15, 0.2) is 51.8 Å². The minimum Gasteiger partial charge on any atom is -0.507 e. The standard InChI is InChI=1S/C19H18O3S/c1-12-10-14(11-13(2)18(12)20)16-8-9-17(22-16)19(21)23-15-6-4-3-5-7-15/h4,6-11,20H,3,5H2,1-2H3. The van der Waals surface area contributed by atoms with Crippen LogP contribution < -0.4 is 0 Å². The van der Waals surface area contributed by atoms with E-state index >= 15 is 0 Å². The molecular formula is C19H18O3S. The SMILES string of the molecule is Cc1cc(-c2ccc(C(=O)SC3=CCCC=C3)o2)cc(C)c1O. The van der Waals surface area contributed by atoms with Crippen molar-refractivity contribution in [2.75, 3.05) is 0 Å². The number of aromatic hydroxyl groups is 1. The third kappa shape index (κ3) is 3.42. The van der Waals surface area contributed by atoms with Crippen molar-refractivity contribution in [3.8, 4) is 17.1 Å². The third-order valence-corrected chi connectivity index (χ3v) is 4.68. The summed E-state index contributed by atoms with van der Waals surface area (Å²) in [6.45, 7) is 3.69. The van der Waals surface area contributed by atoms with Crippen LogP contribution in [-0.4, -0.2) is 10.2 Å². The van der Waals surface area contributed by atoms with Gasteiger partial charge in [-0.15, -0.1) is 0 Å². The first-order valence-electron chi connectivity index (χ1n) is 7.54. The van der Waals surface area contributed by atoms with E-state index in [9.17, 15) is 9.90 Å². The molecule has 0 aliphatic heterocycles. The van der Waals surface area contributed by atoms with E-state index in [0.29, 0.717) is 17.3 Å². The van der Waals surface area contributed by atoms with Gasteiger partial charge in [0.25, 0.3) is 5.12 Å². The zero-order chi connectivity index (χ0) is 16.4. The molecule has 118 valence electrons. The highest BCUT2D eigenvalue weighted by molar-refractivity contribution is 8.17. The molecule has 3 rings (SSSR count). The van der Waals surface area contributed by atoms with Crippen molar-refractivity contribution in [3.05, 3.63) is 64.3 Å². The molecule has 23 heavy (non-hydrogen) atoms. The minimum atomic E-state index is -0.0960. The van der Waals surface area contributed by atoms with Crippen LogP contribution >= 0.6 is 11.8 Å². The molecule has 0 amide bonds. The van der Waals surface area contributed by atoms with Gasteiger partial charge in [-0.05, 0) is 73.8 Å². The van der Waals surface area contributed by atoms with Crippen molar-refractivity contribution in [1.82, 2.24) is 0 Å². The number of aryl methyl sites for hydroxylation is 2. The number of phenolic OH excluding ortho intramolecular Hbond substituents is 1. The Balaban J connectivity index is 1.81. The first kappa shape index (κ1) is 15.7. The fraction of sp³-hybridized carbons (Fsp3) is 0.211. The summed E-state index contributed by atoms with van der Waals surface area (Å²) in [5.41, 5.74) is 2.44. The van der Waals surface area contributed by atoms with E-state index in [1.165, 1.54) is 11.8 Å². The third-order valence-electron chi connectivity index (χ3n) is 3.75. The van der Waals surface area contributed by atoms with Gasteiger partial charge in [0.1, 0.15) is 11.5 Å². The first-order valence-corrected chi connectivity index (χ1v) is 8.35. The molecule has 0 saturated heterocycles. The van der Waals surface area contributed by atoms with Crippen molar-refractivity contribution < 1.29 is 14.3 Å². The highest BCUT2D eigenvalue weighted by Gasteiger charge is 2.16. The lowest BCUT2D eigenvalue weighted by atomic mass is 10.0. The lowest BCUT2D eigenvalue weighted by Crippen LogP contribution is -1.92. The fourth-order valence-corrected chi connectivity index (χ4v) is 3.31. The predicted molar refractivity (Wildman–Crippen MR) is 93.7 cm³/mol. The Morgan fingerprint density at radius 1 is 1.17 bits per heavy atom. The van der Waals surface area contributed by atoms with E-state index < -0.39 is 0 Å². The van der Waals surface area contributed by atoms with Crippen LogP contribution in [0.25, 0.3) is 11.3 Å². The number of carbonyl (C=O) groups excluding carboxylic acids is 1. The average Bonchev–Trinajstić information content (AvgIpc) is 3.03. The van der Waals surface area contributed by atoms with Crippen LogP contribution in [0.5, 0.6) is 5.75 Å². The Bertz CT molecular complexity index is 789. The summed E-state index contributed by atoms with van der Waals surface area (Å²) in [6.07, 6.45) is 8.12. The van der Waals surface area contributed by atoms with Crippen molar-refractivity contribution in [2.24, 2.45) is 0 Å². The number of rotatable bonds is 3. The zero-order valence-electron chi connectivity index (χ0n) is 13.1. The first-order chi connectivity index (χ1) is 11.0. The van der Waals surface area contributed by atoms with Gasteiger partial charge in [0.2, 0.25) is 0 Å². The van der Waals surface area contributed by atoms with Crippen molar-refractivity contribution in [2.45, 2.75) is 26.7 Å². The van der Waals surface area contributed by atoms with E-state index in [1.807, 2.05) is 32.1 Å². The van der Waals surface area contributed by atoms with Gasteiger partial charge in [0.05, 0.1) is 0 Å². The monoisotopic (exact) mass is 326 g/mol. The van der Waals surface area contributed by atoms with Gasteiger partial charge < -0.3 is 9.52 Å². The molecule has 0 bridgehead atoms. The summed E-state index contributed by atoms with van der Waals surface area (Å²) in [5, 5.41) is 9.76. The minimum absolute atomic E-state index is 0.0960. The Labute approximate surface area is 139 Å². The summed E-state index contributed by atoms with van der Waals surface area (Å²) >= 11 is 1.19. The van der Waals surface area contributed by atoms with Crippen LogP contribution in [0.4, 0.5) is 0 Å². The molecule has 0 radical (unpaired) electrons. The Kier molecular flexibility index (Phi) is 4.44. The van der Waals surface area contributed by atoms with Crippen LogP contribution in [0.3, 0.4) is 0 Å². The molecule has 0 atom stereocenters. The number of furan rings is 1. The predicted octanol–water partition coefficient (Wildman–Crippen LogP) is 5.38. The van der Waals surface area contributed by atoms with Crippen molar-refractivity contribution in [1.29, 1.82) is 0 Å². The van der Waals surface area contributed by atoms with E-state index in [4.69, 9.17) is 4.42 Å². The average molecular weight is 326 g/mol. The van der Waals surface area contributed by atoms with Crippen LogP contribution in [0.1, 0.15) is 34.5 Å². The summed E-state index contributed by atoms with van der Waals surface area (Å²) in [4.78, 5) is 13.3. The summed E-state index contributed by atoms with van der Waals surface area (Å²) in [5.74, 6) is 1.27. The molecule has 0 fully saturated rings. The normalized spacial score (nSPS) is 13.9. The lowest BCUT2D eigenvalue weighted by Gasteiger charge is -2.06. The summed E-state index contributed by atoms with van der Waals surface area (Å²) in [6, 6.07) is 7.21. The fourth-order valence-electron chi connectivity index (χ4n) is 2.52. The Morgan fingerprint density at radius 2 is 1.91 bits per heavy atom. The van der Waals surface area contributed by atoms with Gasteiger partial charge in [-0.1, -0.05) is 18.2 Å². The molecule has 1 aliphatic carbocycles. The number of allylic oxidation sites excluding steroid dienone is 3. The van der Waals surface area contributed by atoms with Gasteiger partial charge >= 0.3 is 0 Å². The Hall–Kier alpha value is -2.20. The van der Waals surface area contributed by atoms with Gasteiger partial charge in [-0.25, -0.2) is 0 Å². The molecule has 2 aromatic rings. The number of phenols is 1. The molecule has 1 N–H and O–H groups in total. The molecule has 1 aromatic carbocycles. The summed E-state index contributed by atoms with van der Waals surface area (Å²) in [7, 11) is 0. The second-order valence-electron chi connectivity index (χ2n) is 5.60. The highest BCUT2D eigenvalue weighted by atomic mass is 32.2. The second kappa shape index (κ2) is 6.50. The molecule has 4 heteroatoms. The maximum atomic E-state index is 12.3. The molecule has 1 aromatic heterocycles. The number of carbonyl (C=O) groups is 1. The highest BCUT2D eigenvalue weighted by Crippen LogP contribution is 2.32. The van der Waals surface area contributed by atoms with Crippen LogP contribution in [0.2, 0.25) is 0 Å². The maximum Gasteiger partial charge on any atom is 0.259 e. The quantitative estimate of drug-likeness (QED) is 0.823. The topological polar surface area (TPSA) is 50.4 Å². The van der Waals surface area contributed by atoms with Gasteiger partial charge in [-0.3, -0.25) is 4.79 Å². The lowest BCUT2D eigenvalue weighted by molar-refractivity contribution is 0.106. The van der Waals surface area contributed by atoms with E-state index in [0.717, 1.165) is 34.4 Å². The van der Waals surface area contributed by atoms with Crippen molar-refractivity contribution in [3.63, 3.8) is 0 Å². The number of thioether (sulfide) groups is 1. The second-order valence-corrected chi connectivity index (χ2v) is 6.64. The van der Waals surface area contributed by atoms with Gasteiger partial charge in [0, 0.05) is 10.5 Å². The number of hydrogen-bond donors (Lipinski definition) is 1. The Morgan fingerprint density at radius 3 is 2.57 bits per heavy atom. The zero-order valence-corrected chi connectivity index (χ0v) is 13.9. The van der Waals surface area contributed by atoms with E-state index in [1.54, 1.807) is 12.1 Å². The van der Waals surface area contributed by atoms with Gasteiger partial charge in [0.15, 0.2) is 5.76 Å². The molecule has 1 aliphatic rings. The largest absolute Gasteiger partial charge is 0.507 e. The molecule has 0 spiro atoms.